The van der Waals surface area contributed by atoms with Crippen molar-refractivity contribution in [2.75, 3.05) is 46.0 Å². The maximum Gasteiger partial charge on any atom is 0.408 e. The lowest BCUT2D eigenvalue weighted by molar-refractivity contribution is -0.160. The molecule has 1 fully saturated rings. The van der Waals surface area contributed by atoms with Crippen molar-refractivity contribution in [1.82, 2.24) is 21.2 Å². The number of para-hydroxylation sites is 1. The van der Waals surface area contributed by atoms with Crippen LogP contribution in [0, 0.1) is 5.92 Å². The number of fused-ring (bicyclic) bond motifs is 1. The van der Waals surface area contributed by atoms with Crippen molar-refractivity contribution in [2.45, 2.75) is 82.5 Å². The Morgan fingerprint density at radius 1 is 1.12 bits per heavy atom. The summed E-state index contributed by atoms with van der Waals surface area (Å²) in [4.78, 5) is 68.9. The Balaban J connectivity index is 1.55. The first-order chi connectivity index (χ1) is 24.3. The molecule has 0 radical (unpaired) electrons. The molecule has 4 atom stereocenters. The van der Waals surface area contributed by atoms with E-state index in [4.69, 9.17) is 18.9 Å². The summed E-state index contributed by atoms with van der Waals surface area (Å²) in [5, 5.41) is 15.0. The van der Waals surface area contributed by atoms with E-state index in [1.54, 1.807) is 52.1 Å². The zero-order valence-corrected chi connectivity index (χ0v) is 30.1. The molecule has 1 aromatic rings. The van der Waals surface area contributed by atoms with Crippen LogP contribution in [0.4, 0.5) is 10.5 Å². The van der Waals surface area contributed by atoms with Gasteiger partial charge in [-0.25, -0.2) is 15.0 Å². The molecule has 2 unspecified atom stereocenters. The molecule has 51 heavy (non-hydrogen) atoms. The predicted molar refractivity (Wildman–Crippen MR) is 185 cm³/mol. The Bertz CT molecular complexity index is 1540. The molecule has 1 saturated carbocycles. The van der Waals surface area contributed by atoms with E-state index in [-0.39, 0.29) is 39.1 Å². The minimum absolute atomic E-state index is 0.0144. The Morgan fingerprint density at radius 3 is 2.55 bits per heavy atom. The van der Waals surface area contributed by atoms with E-state index in [1.807, 2.05) is 18.2 Å². The van der Waals surface area contributed by atoms with Crippen LogP contribution in [-0.2, 0) is 44.5 Å². The Morgan fingerprint density at radius 2 is 1.88 bits per heavy atom. The Labute approximate surface area is 297 Å². The second kappa shape index (κ2) is 17.4. The smallest absolute Gasteiger partial charge is 0.408 e. The summed E-state index contributed by atoms with van der Waals surface area (Å²) in [5.41, 5.74) is 2.40. The van der Waals surface area contributed by atoms with Gasteiger partial charge >= 0.3 is 18.0 Å². The van der Waals surface area contributed by atoms with E-state index < -0.39 is 59.0 Å². The highest BCUT2D eigenvalue weighted by Crippen LogP contribution is 2.46. The summed E-state index contributed by atoms with van der Waals surface area (Å²) in [6.45, 7) is 5.52. The predicted octanol–water partition coefficient (Wildman–Crippen LogP) is 2.89. The summed E-state index contributed by atoms with van der Waals surface area (Å²) in [7, 11) is 4.35. The van der Waals surface area contributed by atoms with E-state index in [2.05, 4.69) is 26.4 Å². The monoisotopic (exact) mass is 711 g/mol. The minimum Gasteiger partial charge on any atom is -0.467 e. The van der Waals surface area contributed by atoms with Crippen LogP contribution in [0.25, 0.3) is 0 Å². The van der Waals surface area contributed by atoms with Crippen LogP contribution in [0.5, 0.6) is 0 Å². The highest BCUT2D eigenvalue weighted by Gasteiger charge is 2.67. The van der Waals surface area contributed by atoms with Crippen LogP contribution in [0.2, 0.25) is 0 Å². The van der Waals surface area contributed by atoms with Crippen LogP contribution >= 0.6 is 0 Å². The molecular weight excluding hydrogens is 662 g/mol. The average molecular weight is 712 g/mol. The Kier molecular flexibility index (Phi) is 13.3. The van der Waals surface area contributed by atoms with Crippen molar-refractivity contribution in [3.63, 3.8) is 0 Å². The summed E-state index contributed by atoms with van der Waals surface area (Å²) in [6.07, 6.45) is 7.42. The van der Waals surface area contributed by atoms with Crippen LogP contribution in [0.1, 0.15) is 58.4 Å². The van der Waals surface area contributed by atoms with Gasteiger partial charge in [0.2, 0.25) is 11.8 Å². The molecule has 16 nitrogen and oxygen atoms in total. The molecule has 0 bridgehead atoms. The third-order valence-corrected chi connectivity index (χ3v) is 8.53. The minimum atomic E-state index is -1.64. The molecule has 4 rings (SSSR count). The number of methoxy groups -OCH3 is 2. The molecule has 3 aliphatic rings. The number of hydrogen-bond acceptors (Lipinski definition) is 12. The molecule has 0 spiro atoms. The number of allylic oxidation sites excluding steroid dienone is 2. The van der Waals surface area contributed by atoms with Gasteiger partial charge in [-0.2, -0.15) is 10.2 Å². The lowest BCUT2D eigenvalue weighted by Crippen LogP contribution is -2.58. The first-order valence-corrected chi connectivity index (χ1v) is 17.0. The molecule has 0 saturated heterocycles. The number of hydrogen-bond donors (Lipinski definition) is 3. The number of nitrogens with one attached hydrogen (secondary N) is 3. The van der Waals surface area contributed by atoms with Crippen molar-refractivity contribution in [3.05, 3.63) is 53.6 Å². The summed E-state index contributed by atoms with van der Waals surface area (Å²) in [5.74, 6) is -3.62. The number of ether oxygens (including phenoxy) is 4. The van der Waals surface area contributed by atoms with Gasteiger partial charge in [0, 0.05) is 26.3 Å². The molecular formula is C35H49N7O9. The van der Waals surface area contributed by atoms with Gasteiger partial charge < -0.3 is 29.6 Å². The second-order valence-electron chi connectivity index (χ2n) is 13.5. The van der Waals surface area contributed by atoms with E-state index in [9.17, 15) is 24.0 Å². The van der Waals surface area contributed by atoms with Crippen molar-refractivity contribution >= 4 is 35.5 Å². The zero-order valence-electron chi connectivity index (χ0n) is 30.1. The van der Waals surface area contributed by atoms with Gasteiger partial charge in [-0.05, 0) is 70.1 Å². The normalized spacial score (nSPS) is 21.3. The van der Waals surface area contributed by atoms with Gasteiger partial charge in [0.15, 0.2) is 12.3 Å². The van der Waals surface area contributed by atoms with Gasteiger partial charge in [-0.1, -0.05) is 41.7 Å². The zero-order chi connectivity index (χ0) is 37.2. The SMILES string of the molecule is CNN(COC)N=NCCC[C@H](NC(=O)OCC1=CCCC=C1)C(=O)N1c2ccccc2C[C@H]1C(=O)NC1(C(=O)OC)CC1C(=O)OC(C)(C)C. The molecule has 1 aliphatic heterocycles. The number of benzene rings is 1. The standard InChI is InChI=1S/C35H49N7O9/c1-34(2,3)51-31(45)25-20-35(25,32(46)49-6)39-29(43)28-19-24-15-10-11-17-27(24)42(28)30(44)26(16-12-18-37-40-41(36-4)22-48-5)38-33(47)50-21-23-13-8-7-9-14-23/h8,10-11,13-15,17,25-26,28,36H,7,9,12,16,18-22H2,1-6H3,(H,38,47)(H,39,43)/t25?,26-,28-,35?/m0/s1. The topological polar surface area (TPSA) is 190 Å². The summed E-state index contributed by atoms with van der Waals surface area (Å²) >= 11 is 0. The van der Waals surface area contributed by atoms with Gasteiger partial charge in [-0.3, -0.25) is 19.3 Å². The van der Waals surface area contributed by atoms with E-state index in [1.165, 1.54) is 24.2 Å². The van der Waals surface area contributed by atoms with Crippen molar-refractivity contribution < 1.29 is 42.9 Å². The van der Waals surface area contributed by atoms with Gasteiger partial charge in [-0.15, -0.1) is 0 Å². The van der Waals surface area contributed by atoms with Gasteiger partial charge in [0.25, 0.3) is 0 Å². The van der Waals surface area contributed by atoms with E-state index >= 15 is 0 Å². The maximum atomic E-state index is 14.5. The van der Waals surface area contributed by atoms with Crippen molar-refractivity contribution in [2.24, 2.45) is 16.3 Å². The first-order valence-electron chi connectivity index (χ1n) is 17.0. The van der Waals surface area contributed by atoms with Crippen LogP contribution < -0.4 is 21.0 Å². The molecule has 2 aliphatic carbocycles. The quantitative estimate of drug-likeness (QED) is 0.0571. The third-order valence-electron chi connectivity index (χ3n) is 8.53. The first kappa shape index (κ1) is 39.0. The molecule has 0 aromatic heterocycles. The highest BCUT2D eigenvalue weighted by molar-refractivity contribution is 6.08. The molecule has 1 heterocycles. The molecule has 278 valence electrons. The fourth-order valence-electron chi connectivity index (χ4n) is 5.97. The number of carbonyl (C=O) groups excluding carboxylic acids is 5. The van der Waals surface area contributed by atoms with Crippen LogP contribution in [0.3, 0.4) is 0 Å². The van der Waals surface area contributed by atoms with Crippen molar-refractivity contribution in [1.29, 1.82) is 0 Å². The van der Waals surface area contributed by atoms with Crippen molar-refractivity contribution in [3.8, 4) is 0 Å². The number of esters is 2. The summed E-state index contributed by atoms with van der Waals surface area (Å²) < 4.78 is 21.0. The number of hydrazine groups is 1. The number of carbonyl (C=O) groups is 5. The lowest BCUT2D eigenvalue weighted by Gasteiger charge is -2.30. The summed E-state index contributed by atoms with van der Waals surface area (Å²) in [6, 6.07) is 4.83. The van der Waals surface area contributed by atoms with Crippen LogP contribution in [-0.4, -0.2) is 99.3 Å². The molecule has 3 N–H and O–H groups in total. The van der Waals surface area contributed by atoms with Gasteiger partial charge in [0.1, 0.15) is 24.3 Å². The third kappa shape index (κ3) is 10.1. The van der Waals surface area contributed by atoms with Crippen LogP contribution in [0.15, 0.2) is 58.4 Å². The lowest BCUT2D eigenvalue weighted by atomic mass is 10.1. The van der Waals surface area contributed by atoms with Gasteiger partial charge in [0.05, 0.1) is 19.6 Å². The fraction of sp³-hybridized carbons (Fsp3) is 0.571. The largest absolute Gasteiger partial charge is 0.467 e. The fourth-order valence-corrected chi connectivity index (χ4v) is 5.97. The number of nitrogens with zero attached hydrogens (tertiary/aromatic N) is 4. The second-order valence-corrected chi connectivity index (χ2v) is 13.5. The number of amides is 3. The maximum absolute atomic E-state index is 14.5. The van der Waals surface area contributed by atoms with E-state index in [0.29, 0.717) is 17.7 Å². The molecule has 3 amide bonds. The number of anilines is 1. The Hall–Kier alpha value is -4.83. The average Bonchev–Trinajstić information content (AvgIpc) is 3.71. The molecule has 16 heteroatoms. The van der Waals surface area contributed by atoms with E-state index in [0.717, 1.165) is 18.4 Å². The highest BCUT2D eigenvalue weighted by atomic mass is 16.6. The number of rotatable bonds is 16. The molecule has 1 aromatic carbocycles. The number of alkyl carbamates (subject to hydrolysis) is 1.